The molecule has 0 aromatic heterocycles. The molecule has 1 aliphatic rings. The van der Waals surface area contributed by atoms with E-state index in [0.717, 1.165) is 6.42 Å². The molecule has 2 N–H and O–H groups in total. The van der Waals surface area contributed by atoms with Gasteiger partial charge in [-0.05, 0) is 57.0 Å². The summed E-state index contributed by atoms with van der Waals surface area (Å²) in [5.74, 6) is 0.292. The van der Waals surface area contributed by atoms with Gasteiger partial charge in [-0.3, -0.25) is 4.79 Å². The SMILES string of the molecule is CC(C)N(C)S(=O)(=O)c1ccc(C(=O)N2CCC(CN)C2)cc1.Cl. The zero-order valence-corrected chi connectivity index (χ0v) is 15.9. The summed E-state index contributed by atoms with van der Waals surface area (Å²) in [5, 5.41) is 0. The van der Waals surface area contributed by atoms with E-state index in [2.05, 4.69) is 0 Å². The fraction of sp³-hybridized carbons (Fsp3) is 0.562. The minimum atomic E-state index is -3.52. The maximum atomic E-state index is 12.4. The second-order valence-corrected chi connectivity index (χ2v) is 8.28. The number of hydrogen-bond acceptors (Lipinski definition) is 4. The summed E-state index contributed by atoms with van der Waals surface area (Å²) in [7, 11) is -1.97. The van der Waals surface area contributed by atoms with E-state index in [1.54, 1.807) is 24.1 Å². The molecule has 1 aromatic rings. The van der Waals surface area contributed by atoms with Crippen molar-refractivity contribution in [1.29, 1.82) is 0 Å². The highest BCUT2D eigenvalue weighted by atomic mass is 35.5. The average Bonchev–Trinajstić information content (AvgIpc) is 3.02. The summed E-state index contributed by atoms with van der Waals surface area (Å²) >= 11 is 0. The van der Waals surface area contributed by atoms with Crippen LogP contribution in [0.15, 0.2) is 29.2 Å². The molecule has 136 valence electrons. The lowest BCUT2D eigenvalue weighted by Crippen LogP contribution is -2.33. The molecule has 1 amide bonds. The standard InChI is InChI=1S/C16H25N3O3S.ClH/c1-12(2)18(3)23(21,22)15-6-4-14(5-7-15)16(20)19-9-8-13(10-17)11-19;/h4-7,12-13H,8-11,17H2,1-3H3;1H. The van der Waals surface area contributed by atoms with Crippen molar-refractivity contribution in [1.82, 2.24) is 9.21 Å². The minimum absolute atomic E-state index is 0. The third-order valence-electron chi connectivity index (χ3n) is 4.41. The summed E-state index contributed by atoms with van der Waals surface area (Å²) in [5.41, 5.74) is 6.15. The molecular weight excluding hydrogens is 350 g/mol. The highest BCUT2D eigenvalue weighted by Gasteiger charge is 2.27. The van der Waals surface area contributed by atoms with E-state index in [-0.39, 0.29) is 29.3 Å². The van der Waals surface area contributed by atoms with Crippen LogP contribution in [-0.4, -0.2) is 56.3 Å². The molecule has 0 aliphatic carbocycles. The maximum Gasteiger partial charge on any atom is 0.253 e. The molecule has 1 saturated heterocycles. The van der Waals surface area contributed by atoms with Gasteiger partial charge in [0.1, 0.15) is 0 Å². The second-order valence-electron chi connectivity index (χ2n) is 6.28. The van der Waals surface area contributed by atoms with E-state index >= 15 is 0 Å². The van der Waals surface area contributed by atoms with Gasteiger partial charge in [-0.25, -0.2) is 8.42 Å². The van der Waals surface area contributed by atoms with E-state index < -0.39 is 10.0 Å². The van der Waals surface area contributed by atoms with Crippen LogP contribution in [0.25, 0.3) is 0 Å². The van der Waals surface area contributed by atoms with Crippen molar-refractivity contribution in [3.05, 3.63) is 29.8 Å². The Bertz CT molecular complexity index is 662. The van der Waals surface area contributed by atoms with Crippen LogP contribution in [0.5, 0.6) is 0 Å². The highest BCUT2D eigenvalue weighted by molar-refractivity contribution is 7.89. The topological polar surface area (TPSA) is 83.7 Å². The Morgan fingerprint density at radius 3 is 2.38 bits per heavy atom. The molecule has 1 fully saturated rings. The number of benzene rings is 1. The van der Waals surface area contributed by atoms with Crippen LogP contribution >= 0.6 is 12.4 Å². The first-order valence-corrected chi connectivity index (χ1v) is 9.28. The normalized spacial score (nSPS) is 18.1. The quantitative estimate of drug-likeness (QED) is 0.846. The summed E-state index contributed by atoms with van der Waals surface area (Å²) in [4.78, 5) is 14.4. The number of carbonyl (C=O) groups is 1. The zero-order valence-electron chi connectivity index (χ0n) is 14.3. The van der Waals surface area contributed by atoms with Gasteiger partial charge in [-0.2, -0.15) is 4.31 Å². The summed E-state index contributed by atoms with van der Waals surface area (Å²) in [6.07, 6.45) is 0.924. The first kappa shape index (κ1) is 20.9. The number of hydrogen-bond donors (Lipinski definition) is 1. The van der Waals surface area contributed by atoms with Gasteiger partial charge < -0.3 is 10.6 Å². The molecule has 24 heavy (non-hydrogen) atoms. The van der Waals surface area contributed by atoms with E-state index in [1.165, 1.54) is 16.4 Å². The fourth-order valence-electron chi connectivity index (χ4n) is 2.61. The van der Waals surface area contributed by atoms with E-state index in [9.17, 15) is 13.2 Å². The van der Waals surface area contributed by atoms with Crippen LogP contribution < -0.4 is 5.73 Å². The number of sulfonamides is 1. The molecule has 0 spiro atoms. The van der Waals surface area contributed by atoms with Gasteiger partial charge in [0.2, 0.25) is 10.0 Å². The fourth-order valence-corrected chi connectivity index (χ4v) is 3.97. The smallest absolute Gasteiger partial charge is 0.253 e. The number of halogens is 1. The van der Waals surface area contributed by atoms with Crippen LogP contribution in [0.2, 0.25) is 0 Å². The van der Waals surface area contributed by atoms with Crippen molar-refractivity contribution in [3.63, 3.8) is 0 Å². The van der Waals surface area contributed by atoms with Gasteiger partial charge in [0.05, 0.1) is 4.90 Å². The minimum Gasteiger partial charge on any atom is -0.338 e. The number of carbonyl (C=O) groups excluding carboxylic acids is 1. The first-order valence-electron chi connectivity index (χ1n) is 7.84. The third kappa shape index (κ3) is 4.27. The number of rotatable bonds is 5. The Labute approximate surface area is 150 Å². The third-order valence-corrected chi connectivity index (χ3v) is 6.46. The number of amides is 1. The Morgan fingerprint density at radius 2 is 1.92 bits per heavy atom. The molecule has 6 nitrogen and oxygen atoms in total. The molecule has 1 aromatic carbocycles. The molecule has 1 atom stereocenters. The van der Waals surface area contributed by atoms with Crippen LogP contribution in [0.4, 0.5) is 0 Å². The molecule has 0 saturated carbocycles. The monoisotopic (exact) mass is 375 g/mol. The van der Waals surface area contributed by atoms with Gasteiger partial charge in [0, 0.05) is 31.7 Å². The van der Waals surface area contributed by atoms with Crippen LogP contribution in [0.1, 0.15) is 30.6 Å². The lowest BCUT2D eigenvalue weighted by atomic mass is 10.1. The first-order chi connectivity index (χ1) is 10.8. The molecular formula is C16H26ClN3O3S. The molecule has 1 aliphatic heterocycles. The predicted molar refractivity (Wildman–Crippen MR) is 96.8 cm³/mol. The van der Waals surface area contributed by atoms with Gasteiger partial charge in [0.25, 0.3) is 5.91 Å². The predicted octanol–water partition coefficient (Wildman–Crippen LogP) is 1.56. The van der Waals surface area contributed by atoms with Crippen molar-refractivity contribution >= 4 is 28.3 Å². The van der Waals surface area contributed by atoms with Crippen molar-refractivity contribution in [3.8, 4) is 0 Å². The second kappa shape index (κ2) is 8.29. The number of likely N-dealkylation sites (tertiary alicyclic amines) is 1. The van der Waals surface area contributed by atoms with Gasteiger partial charge in [-0.1, -0.05) is 0 Å². The van der Waals surface area contributed by atoms with E-state index in [0.29, 0.717) is 31.1 Å². The number of nitrogens with zero attached hydrogens (tertiary/aromatic N) is 2. The Kier molecular flexibility index (Phi) is 7.22. The van der Waals surface area contributed by atoms with E-state index in [4.69, 9.17) is 5.73 Å². The van der Waals surface area contributed by atoms with Gasteiger partial charge in [0.15, 0.2) is 0 Å². The molecule has 1 unspecified atom stereocenters. The Morgan fingerprint density at radius 1 is 1.33 bits per heavy atom. The largest absolute Gasteiger partial charge is 0.338 e. The summed E-state index contributed by atoms with van der Waals surface area (Å²) in [6, 6.07) is 6.04. The van der Waals surface area contributed by atoms with Crippen molar-refractivity contribution in [2.75, 3.05) is 26.7 Å². The lowest BCUT2D eigenvalue weighted by Gasteiger charge is -2.21. The molecule has 0 radical (unpaired) electrons. The summed E-state index contributed by atoms with van der Waals surface area (Å²) < 4.78 is 26.1. The molecule has 1 heterocycles. The summed E-state index contributed by atoms with van der Waals surface area (Å²) in [6.45, 7) is 5.60. The van der Waals surface area contributed by atoms with Crippen molar-refractivity contribution in [2.24, 2.45) is 11.7 Å². The van der Waals surface area contributed by atoms with Gasteiger partial charge in [-0.15, -0.1) is 12.4 Å². The lowest BCUT2D eigenvalue weighted by molar-refractivity contribution is 0.0787. The highest BCUT2D eigenvalue weighted by Crippen LogP contribution is 2.20. The molecule has 2 rings (SSSR count). The van der Waals surface area contributed by atoms with Crippen molar-refractivity contribution < 1.29 is 13.2 Å². The van der Waals surface area contributed by atoms with Crippen LogP contribution in [0, 0.1) is 5.92 Å². The van der Waals surface area contributed by atoms with Crippen LogP contribution in [-0.2, 0) is 10.0 Å². The maximum absolute atomic E-state index is 12.4. The molecule has 8 heteroatoms. The van der Waals surface area contributed by atoms with Gasteiger partial charge >= 0.3 is 0 Å². The molecule has 0 bridgehead atoms. The average molecular weight is 376 g/mol. The van der Waals surface area contributed by atoms with E-state index in [1.807, 2.05) is 13.8 Å². The Balaban J connectivity index is 0.00000288. The Hall–Kier alpha value is -1.15. The zero-order chi connectivity index (χ0) is 17.2. The number of nitrogens with two attached hydrogens (primary N) is 1. The van der Waals surface area contributed by atoms with Crippen LogP contribution in [0.3, 0.4) is 0 Å². The van der Waals surface area contributed by atoms with Crippen molar-refractivity contribution in [2.45, 2.75) is 31.2 Å².